The number of carboxylic acids is 1. The van der Waals surface area contributed by atoms with Crippen LogP contribution in [0.25, 0.3) is 0 Å². The highest BCUT2D eigenvalue weighted by molar-refractivity contribution is 6.35. The average Bonchev–Trinajstić information content (AvgIpc) is 2.40. The van der Waals surface area contributed by atoms with Crippen molar-refractivity contribution in [1.82, 2.24) is 9.97 Å². The molecule has 2 N–H and O–H groups in total. The molecule has 1 aromatic carbocycles. The second kappa shape index (κ2) is 5.86. The second-order valence-electron chi connectivity index (χ2n) is 3.67. The lowest BCUT2D eigenvalue weighted by Gasteiger charge is -2.09. The molecule has 0 aliphatic heterocycles. The predicted octanol–water partition coefficient (Wildman–Crippen LogP) is 3.09. The van der Waals surface area contributed by atoms with Crippen molar-refractivity contribution < 1.29 is 9.90 Å². The van der Waals surface area contributed by atoms with Crippen molar-refractivity contribution >= 4 is 34.9 Å². The number of hydrogen-bond acceptors (Lipinski definition) is 4. The van der Waals surface area contributed by atoms with Crippen LogP contribution in [0.3, 0.4) is 0 Å². The van der Waals surface area contributed by atoms with Gasteiger partial charge >= 0.3 is 5.97 Å². The van der Waals surface area contributed by atoms with Crippen molar-refractivity contribution in [2.45, 2.75) is 6.54 Å². The SMILES string of the molecule is O=C(O)c1cncnc1CNc1cc(Cl)ccc1Cl. The van der Waals surface area contributed by atoms with Gasteiger partial charge in [-0.2, -0.15) is 0 Å². The van der Waals surface area contributed by atoms with E-state index in [0.29, 0.717) is 21.4 Å². The summed E-state index contributed by atoms with van der Waals surface area (Å²) in [7, 11) is 0. The van der Waals surface area contributed by atoms with E-state index >= 15 is 0 Å². The number of nitrogens with one attached hydrogen (secondary N) is 1. The molecule has 0 fully saturated rings. The van der Waals surface area contributed by atoms with Crippen LogP contribution < -0.4 is 5.32 Å². The molecule has 1 aromatic heterocycles. The Bertz CT molecular complexity index is 620. The van der Waals surface area contributed by atoms with Crippen molar-refractivity contribution in [2.24, 2.45) is 0 Å². The smallest absolute Gasteiger partial charge is 0.339 e. The van der Waals surface area contributed by atoms with Crippen LogP contribution in [0.4, 0.5) is 5.69 Å². The molecular weight excluding hydrogens is 289 g/mol. The number of rotatable bonds is 4. The Morgan fingerprint density at radius 2 is 2.16 bits per heavy atom. The van der Waals surface area contributed by atoms with Crippen LogP contribution in [0.2, 0.25) is 10.0 Å². The van der Waals surface area contributed by atoms with Gasteiger partial charge in [0.15, 0.2) is 0 Å². The van der Waals surface area contributed by atoms with Gasteiger partial charge in [0.05, 0.1) is 22.9 Å². The van der Waals surface area contributed by atoms with Gasteiger partial charge < -0.3 is 10.4 Å². The average molecular weight is 298 g/mol. The molecule has 0 spiro atoms. The van der Waals surface area contributed by atoms with E-state index in [0.717, 1.165) is 0 Å². The lowest BCUT2D eigenvalue weighted by Crippen LogP contribution is -2.10. The zero-order valence-corrected chi connectivity index (χ0v) is 11.1. The first-order valence-electron chi connectivity index (χ1n) is 5.29. The number of benzene rings is 1. The lowest BCUT2D eigenvalue weighted by molar-refractivity contribution is 0.0694. The van der Waals surface area contributed by atoms with Gasteiger partial charge in [-0.25, -0.2) is 14.8 Å². The van der Waals surface area contributed by atoms with E-state index in [2.05, 4.69) is 15.3 Å². The molecule has 5 nitrogen and oxygen atoms in total. The number of nitrogens with zero attached hydrogens (tertiary/aromatic N) is 2. The van der Waals surface area contributed by atoms with Crippen LogP contribution in [-0.2, 0) is 6.54 Å². The number of aromatic nitrogens is 2. The molecule has 98 valence electrons. The highest BCUT2D eigenvalue weighted by atomic mass is 35.5. The number of carbonyl (C=O) groups is 1. The standard InChI is InChI=1S/C12H9Cl2N3O2/c13-7-1-2-9(14)10(3-7)16-5-11-8(12(18)19)4-15-6-17-11/h1-4,6,16H,5H2,(H,18,19). The van der Waals surface area contributed by atoms with E-state index in [1.54, 1.807) is 18.2 Å². The molecule has 0 atom stereocenters. The molecule has 0 saturated heterocycles. The van der Waals surface area contributed by atoms with Gasteiger partial charge in [-0.15, -0.1) is 0 Å². The van der Waals surface area contributed by atoms with Crippen LogP contribution in [0.15, 0.2) is 30.7 Å². The van der Waals surface area contributed by atoms with Gasteiger partial charge in [0.2, 0.25) is 0 Å². The van der Waals surface area contributed by atoms with Crippen LogP contribution in [-0.4, -0.2) is 21.0 Å². The number of hydrogen-bond donors (Lipinski definition) is 2. The number of aromatic carboxylic acids is 1. The normalized spacial score (nSPS) is 10.2. The first-order valence-corrected chi connectivity index (χ1v) is 6.04. The van der Waals surface area contributed by atoms with Gasteiger partial charge in [-0.3, -0.25) is 0 Å². The van der Waals surface area contributed by atoms with E-state index in [1.807, 2.05) is 0 Å². The summed E-state index contributed by atoms with van der Waals surface area (Å²) in [6.45, 7) is 0.213. The monoisotopic (exact) mass is 297 g/mol. The Hall–Kier alpha value is -1.85. The molecular formula is C12H9Cl2N3O2. The highest BCUT2D eigenvalue weighted by Crippen LogP contribution is 2.25. The fraction of sp³-hybridized carbons (Fsp3) is 0.0833. The molecule has 7 heteroatoms. The summed E-state index contributed by atoms with van der Waals surface area (Å²) >= 11 is 11.9. The Morgan fingerprint density at radius 3 is 2.89 bits per heavy atom. The van der Waals surface area contributed by atoms with Gasteiger partial charge in [0, 0.05) is 11.2 Å². The molecule has 0 amide bonds. The first kappa shape index (κ1) is 13.6. The largest absolute Gasteiger partial charge is 0.478 e. The van der Waals surface area contributed by atoms with Crippen molar-refractivity contribution in [2.75, 3.05) is 5.32 Å². The fourth-order valence-electron chi connectivity index (χ4n) is 1.49. The summed E-state index contributed by atoms with van der Waals surface area (Å²) in [5, 5.41) is 13.0. The van der Waals surface area contributed by atoms with Gasteiger partial charge in [-0.1, -0.05) is 23.2 Å². The van der Waals surface area contributed by atoms with Crippen LogP contribution in [0.1, 0.15) is 16.1 Å². The van der Waals surface area contributed by atoms with Crippen molar-refractivity contribution in [3.8, 4) is 0 Å². The lowest BCUT2D eigenvalue weighted by atomic mass is 10.2. The molecule has 2 rings (SSSR count). The maximum atomic E-state index is 11.0. The molecule has 0 bridgehead atoms. The zero-order valence-electron chi connectivity index (χ0n) is 9.60. The van der Waals surface area contributed by atoms with E-state index in [4.69, 9.17) is 28.3 Å². The maximum absolute atomic E-state index is 11.0. The van der Waals surface area contributed by atoms with Crippen molar-refractivity contribution in [3.63, 3.8) is 0 Å². The Balaban J connectivity index is 2.19. The zero-order chi connectivity index (χ0) is 13.8. The Morgan fingerprint density at radius 1 is 1.37 bits per heavy atom. The summed E-state index contributed by atoms with van der Waals surface area (Å²) in [4.78, 5) is 18.6. The van der Waals surface area contributed by atoms with Crippen LogP contribution in [0, 0.1) is 0 Å². The molecule has 2 aromatic rings. The van der Waals surface area contributed by atoms with Crippen LogP contribution in [0.5, 0.6) is 0 Å². The summed E-state index contributed by atoms with van der Waals surface area (Å²) in [5.41, 5.74) is 1.04. The summed E-state index contributed by atoms with van der Waals surface area (Å²) in [5.74, 6) is -1.07. The van der Waals surface area contributed by atoms with E-state index in [1.165, 1.54) is 12.5 Å². The highest BCUT2D eigenvalue weighted by Gasteiger charge is 2.11. The molecule has 19 heavy (non-hydrogen) atoms. The molecule has 0 saturated carbocycles. The van der Waals surface area contributed by atoms with Crippen molar-refractivity contribution in [1.29, 1.82) is 0 Å². The third-order valence-electron chi connectivity index (χ3n) is 2.40. The van der Waals surface area contributed by atoms with Gasteiger partial charge in [0.1, 0.15) is 11.9 Å². The minimum atomic E-state index is -1.07. The maximum Gasteiger partial charge on any atom is 0.339 e. The quantitative estimate of drug-likeness (QED) is 0.907. The second-order valence-corrected chi connectivity index (χ2v) is 4.51. The Labute approximate surface area is 119 Å². The summed E-state index contributed by atoms with van der Waals surface area (Å²) in [6, 6.07) is 4.98. The topological polar surface area (TPSA) is 75.1 Å². The number of anilines is 1. The van der Waals surface area contributed by atoms with E-state index in [9.17, 15) is 4.79 Å². The minimum Gasteiger partial charge on any atom is -0.478 e. The number of halogens is 2. The third-order valence-corrected chi connectivity index (χ3v) is 2.96. The van der Waals surface area contributed by atoms with Gasteiger partial charge in [-0.05, 0) is 18.2 Å². The molecule has 0 aliphatic carbocycles. The van der Waals surface area contributed by atoms with Crippen LogP contribution >= 0.6 is 23.2 Å². The predicted molar refractivity (Wildman–Crippen MR) is 72.8 cm³/mol. The Kier molecular flexibility index (Phi) is 4.19. The van der Waals surface area contributed by atoms with E-state index < -0.39 is 5.97 Å². The fourth-order valence-corrected chi connectivity index (χ4v) is 1.84. The van der Waals surface area contributed by atoms with Gasteiger partial charge in [0.25, 0.3) is 0 Å². The molecule has 1 heterocycles. The minimum absolute atomic E-state index is 0.0492. The molecule has 0 aliphatic rings. The van der Waals surface area contributed by atoms with Crippen molar-refractivity contribution in [3.05, 3.63) is 52.0 Å². The first-order chi connectivity index (χ1) is 9.08. The molecule has 0 unspecified atom stereocenters. The summed E-state index contributed by atoms with van der Waals surface area (Å²) < 4.78 is 0. The third kappa shape index (κ3) is 3.33. The number of carboxylic acid groups (broad SMARTS) is 1. The molecule has 0 radical (unpaired) electrons. The summed E-state index contributed by atoms with van der Waals surface area (Å²) in [6.07, 6.45) is 2.55. The van der Waals surface area contributed by atoms with E-state index in [-0.39, 0.29) is 12.1 Å².